The second-order valence-electron chi connectivity index (χ2n) is 6.06. The van der Waals surface area contributed by atoms with Crippen molar-refractivity contribution >= 4 is 29.3 Å². The van der Waals surface area contributed by atoms with Gasteiger partial charge in [0.05, 0.1) is 37.3 Å². The highest BCUT2D eigenvalue weighted by atomic mass is 32.2. The number of methoxy groups -OCH3 is 3. The molecule has 2 aromatic carbocycles. The number of amides is 2. The predicted octanol–water partition coefficient (Wildman–Crippen LogP) is 3.20. The van der Waals surface area contributed by atoms with E-state index in [-0.39, 0.29) is 11.8 Å². The second kappa shape index (κ2) is 11.3. The largest absolute Gasteiger partial charge is 0.493 e. The standard InChI is InChI=1S/C21H26N2O5S/c1-14(29-15-9-10-18(27-3)19(13-15)28-4)20(24)23-17-8-6-5-7-16(17)21(25)22-11-12-26-2/h5-10,13-14H,11-12H2,1-4H3,(H,22,25)(H,23,24). The summed E-state index contributed by atoms with van der Waals surface area (Å²) in [7, 11) is 4.71. The van der Waals surface area contributed by atoms with Gasteiger partial charge in [-0.05, 0) is 37.3 Å². The number of rotatable bonds is 10. The van der Waals surface area contributed by atoms with Gasteiger partial charge in [0.25, 0.3) is 5.91 Å². The number of anilines is 1. The topological polar surface area (TPSA) is 85.9 Å². The fraction of sp³-hybridized carbons (Fsp3) is 0.333. The van der Waals surface area contributed by atoms with E-state index in [9.17, 15) is 9.59 Å². The van der Waals surface area contributed by atoms with Crippen molar-refractivity contribution in [3.05, 3.63) is 48.0 Å². The molecule has 2 rings (SSSR count). The Morgan fingerprint density at radius 1 is 1.03 bits per heavy atom. The van der Waals surface area contributed by atoms with Gasteiger partial charge < -0.3 is 24.8 Å². The Labute approximate surface area is 175 Å². The molecule has 2 N–H and O–H groups in total. The number of hydrogen-bond acceptors (Lipinski definition) is 6. The smallest absolute Gasteiger partial charge is 0.253 e. The van der Waals surface area contributed by atoms with Gasteiger partial charge in [-0.3, -0.25) is 9.59 Å². The molecule has 0 aromatic heterocycles. The Balaban J connectivity index is 2.05. The van der Waals surface area contributed by atoms with Crippen molar-refractivity contribution in [3.63, 3.8) is 0 Å². The van der Waals surface area contributed by atoms with Crippen LogP contribution in [0.15, 0.2) is 47.4 Å². The number of benzene rings is 2. The summed E-state index contributed by atoms with van der Waals surface area (Å²) in [6.45, 7) is 2.61. The molecule has 0 spiro atoms. The van der Waals surface area contributed by atoms with Gasteiger partial charge in [0.1, 0.15) is 0 Å². The molecule has 0 saturated carbocycles. The second-order valence-corrected chi connectivity index (χ2v) is 7.47. The Morgan fingerprint density at radius 2 is 1.76 bits per heavy atom. The van der Waals surface area contributed by atoms with Crippen LogP contribution in [0.4, 0.5) is 5.69 Å². The summed E-state index contributed by atoms with van der Waals surface area (Å²) in [6.07, 6.45) is 0. The highest BCUT2D eigenvalue weighted by Gasteiger charge is 2.18. The molecule has 0 aliphatic carbocycles. The molecule has 1 atom stereocenters. The maximum atomic E-state index is 12.7. The van der Waals surface area contributed by atoms with Gasteiger partial charge in [-0.25, -0.2) is 0 Å². The molecular weight excluding hydrogens is 392 g/mol. The number of ether oxygens (including phenoxy) is 3. The van der Waals surface area contributed by atoms with E-state index in [1.54, 1.807) is 58.6 Å². The quantitative estimate of drug-likeness (QED) is 0.455. The molecule has 156 valence electrons. The molecule has 1 unspecified atom stereocenters. The summed E-state index contributed by atoms with van der Waals surface area (Å²) >= 11 is 1.39. The van der Waals surface area contributed by atoms with Gasteiger partial charge in [-0.15, -0.1) is 11.8 Å². The van der Waals surface area contributed by atoms with Gasteiger partial charge in [-0.1, -0.05) is 12.1 Å². The van der Waals surface area contributed by atoms with Crippen LogP contribution in [0.3, 0.4) is 0 Å². The van der Waals surface area contributed by atoms with Crippen molar-refractivity contribution in [3.8, 4) is 11.5 Å². The molecule has 0 bridgehead atoms. The number of hydrogen-bond donors (Lipinski definition) is 2. The number of nitrogens with one attached hydrogen (secondary N) is 2. The predicted molar refractivity (Wildman–Crippen MR) is 114 cm³/mol. The summed E-state index contributed by atoms with van der Waals surface area (Å²) in [5.41, 5.74) is 0.868. The fourth-order valence-corrected chi connectivity index (χ4v) is 3.43. The lowest BCUT2D eigenvalue weighted by molar-refractivity contribution is -0.115. The minimum Gasteiger partial charge on any atom is -0.493 e. The molecule has 8 heteroatoms. The lowest BCUT2D eigenvalue weighted by atomic mass is 10.1. The Kier molecular flexibility index (Phi) is 8.82. The van der Waals surface area contributed by atoms with Crippen molar-refractivity contribution in [1.29, 1.82) is 0 Å². The molecular formula is C21H26N2O5S. The zero-order valence-corrected chi connectivity index (χ0v) is 17.8. The minimum absolute atomic E-state index is 0.207. The van der Waals surface area contributed by atoms with Crippen molar-refractivity contribution in [1.82, 2.24) is 5.32 Å². The Hall–Kier alpha value is -2.71. The average molecular weight is 419 g/mol. The SMILES string of the molecule is COCCNC(=O)c1ccccc1NC(=O)C(C)Sc1ccc(OC)c(OC)c1. The molecule has 0 radical (unpaired) electrons. The molecule has 0 fully saturated rings. The Morgan fingerprint density at radius 3 is 2.45 bits per heavy atom. The Bertz CT molecular complexity index is 844. The maximum Gasteiger partial charge on any atom is 0.253 e. The van der Waals surface area contributed by atoms with Crippen molar-refractivity contribution in [2.45, 2.75) is 17.1 Å². The first-order valence-corrected chi connectivity index (χ1v) is 9.93. The zero-order valence-electron chi connectivity index (χ0n) is 17.0. The molecule has 0 aliphatic rings. The van der Waals surface area contributed by atoms with Crippen LogP contribution in [0.5, 0.6) is 11.5 Å². The van der Waals surface area contributed by atoms with Gasteiger partial charge in [-0.2, -0.15) is 0 Å². The van der Waals surface area contributed by atoms with E-state index < -0.39 is 5.25 Å². The van der Waals surface area contributed by atoms with Crippen molar-refractivity contribution in [2.75, 3.05) is 39.8 Å². The monoisotopic (exact) mass is 418 g/mol. The highest BCUT2D eigenvalue weighted by molar-refractivity contribution is 8.00. The van der Waals surface area contributed by atoms with Crippen molar-refractivity contribution in [2.24, 2.45) is 0 Å². The van der Waals surface area contributed by atoms with E-state index in [4.69, 9.17) is 14.2 Å². The maximum absolute atomic E-state index is 12.7. The van der Waals surface area contributed by atoms with Crippen LogP contribution in [0.2, 0.25) is 0 Å². The van der Waals surface area contributed by atoms with E-state index in [2.05, 4.69) is 10.6 Å². The molecule has 7 nitrogen and oxygen atoms in total. The molecule has 29 heavy (non-hydrogen) atoms. The molecule has 2 amide bonds. The summed E-state index contributed by atoms with van der Waals surface area (Å²) in [4.78, 5) is 25.9. The van der Waals surface area contributed by atoms with E-state index in [0.29, 0.717) is 35.9 Å². The number of carbonyl (C=O) groups is 2. The normalized spacial score (nSPS) is 11.4. The summed E-state index contributed by atoms with van der Waals surface area (Å²) < 4.78 is 15.5. The van der Waals surface area contributed by atoms with Crippen LogP contribution in [0.25, 0.3) is 0 Å². The first-order chi connectivity index (χ1) is 14.0. The van der Waals surface area contributed by atoms with Gasteiger partial charge in [0, 0.05) is 18.6 Å². The van der Waals surface area contributed by atoms with E-state index in [1.165, 1.54) is 11.8 Å². The average Bonchev–Trinajstić information content (AvgIpc) is 2.74. The van der Waals surface area contributed by atoms with Crippen LogP contribution in [-0.4, -0.2) is 51.5 Å². The lowest BCUT2D eigenvalue weighted by Crippen LogP contribution is -2.29. The summed E-state index contributed by atoms with van der Waals surface area (Å²) in [5.74, 6) is 0.755. The van der Waals surface area contributed by atoms with E-state index >= 15 is 0 Å². The number of para-hydroxylation sites is 1. The molecule has 0 heterocycles. The molecule has 0 saturated heterocycles. The van der Waals surface area contributed by atoms with Gasteiger partial charge in [0.15, 0.2) is 11.5 Å². The van der Waals surface area contributed by atoms with Crippen LogP contribution in [0.1, 0.15) is 17.3 Å². The van der Waals surface area contributed by atoms with Crippen LogP contribution >= 0.6 is 11.8 Å². The van der Waals surface area contributed by atoms with Crippen LogP contribution in [0, 0.1) is 0 Å². The summed E-state index contributed by atoms with van der Waals surface area (Å²) in [6, 6.07) is 12.4. The lowest BCUT2D eigenvalue weighted by Gasteiger charge is -2.15. The fourth-order valence-electron chi connectivity index (χ4n) is 2.53. The molecule has 0 aliphatic heterocycles. The summed E-state index contributed by atoms with van der Waals surface area (Å²) in [5, 5.41) is 5.21. The third kappa shape index (κ3) is 6.40. The molecule has 2 aromatic rings. The van der Waals surface area contributed by atoms with E-state index in [1.807, 2.05) is 12.1 Å². The highest BCUT2D eigenvalue weighted by Crippen LogP contribution is 2.33. The van der Waals surface area contributed by atoms with Crippen LogP contribution in [-0.2, 0) is 9.53 Å². The van der Waals surface area contributed by atoms with Crippen LogP contribution < -0.4 is 20.1 Å². The number of thioether (sulfide) groups is 1. The van der Waals surface area contributed by atoms with Gasteiger partial charge >= 0.3 is 0 Å². The van der Waals surface area contributed by atoms with Gasteiger partial charge in [0.2, 0.25) is 5.91 Å². The minimum atomic E-state index is -0.391. The third-order valence-electron chi connectivity index (χ3n) is 4.06. The van der Waals surface area contributed by atoms with E-state index in [0.717, 1.165) is 4.90 Å². The third-order valence-corrected chi connectivity index (χ3v) is 5.15. The number of carbonyl (C=O) groups excluding carboxylic acids is 2. The first kappa shape index (κ1) is 22.6. The van der Waals surface area contributed by atoms with Crippen molar-refractivity contribution < 1.29 is 23.8 Å². The zero-order chi connectivity index (χ0) is 21.2. The first-order valence-electron chi connectivity index (χ1n) is 9.05.